The smallest absolute Gasteiger partial charge is 0.243 e. The van der Waals surface area contributed by atoms with Gasteiger partial charge < -0.3 is 4.43 Å². The molecule has 0 amide bonds. The molecule has 1 unspecified atom stereocenters. The monoisotopic (exact) mass is 431 g/mol. The van der Waals surface area contributed by atoms with Crippen LogP contribution >= 0.6 is 0 Å². The molecule has 1 aliphatic rings. The molecule has 2 aromatic rings. The van der Waals surface area contributed by atoms with Crippen molar-refractivity contribution in [2.24, 2.45) is 0 Å². The number of hydrogen-bond donors (Lipinski definition) is 0. The van der Waals surface area contributed by atoms with Gasteiger partial charge in [-0.3, -0.25) is 0 Å². The van der Waals surface area contributed by atoms with E-state index >= 15 is 0 Å². The molecular formula is C23H33NO3SSi. The summed E-state index contributed by atoms with van der Waals surface area (Å²) < 4.78 is 34.8. The van der Waals surface area contributed by atoms with Crippen molar-refractivity contribution < 1.29 is 12.8 Å². The third-order valence-corrected chi connectivity index (χ3v) is 12.8. The first kappa shape index (κ1) is 22.2. The van der Waals surface area contributed by atoms with Crippen LogP contribution < -0.4 is 0 Å². The Morgan fingerprint density at radius 1 is 1.03 bits per heavy atom. The number of hydrogen-bond acceptors (Lipinski definition) is 3. The van der Waals surface area contributed by atoms with E-state index in [1.807, 2.05) is 37.3 Å². The first-order valence-corrected chi connectivity index (χ1v) is 14.5. The Hall–Kier alpha value is -1.47. The van der Waals surface area contributed by atoms with E-state index in [9.17, 15) is 8.42 Å². The van der Waals surface area contributed by atoms with E-state index in [2.05, 4.69) is 46.0 Å². The molecule has 0 N–H and O–H groups in total. The van der Waals surface area contributed by atoms with E-state index < -0.39 is 23.9 Å². The Morgan fingerprint density at radius 2 is 1.62 bits per heavy atom. The summed E-state index contributed by atoms with van der Waals surface area (Å²) in [6.07, 6.45) is 0.660. The minimum Gasteiger partial charge on any atom is -0.415 e. The zero-order chi connectivity index (χ0) is 21.5. The highest BCUT2D eigenvalue weighted by molar-refractivity contribution is 7.89. The fourth-order valence-electron chi connectivity index (χ4n) is 3.23. The summed E-state index contributed by atoms with van der Waals surface area (Å²) >= 11 is 0. The Morgan fingerprint density at radius 3 is 2.17 bits per heavy atom. The fourth-order valence-corrected chi connectivity index (χ4v) is 6.06. The van der Waals surface area contributed by atoms with Crippen LogP contribution in [-0.4, -0.2) is 39.7 Å². The summed E-state index contributed by atoms with van der Waals surface area (Å²) in [5.74, 6) is 0. The maximum atomic E-state index is 13.3. The molecule has 1 aliphatic heterocycles. The van der Waals surface area contributed by atoms with E-state index in [4.69, 9.17) is 4.43 Å². The summed E-state index contributed by atoms with van der Waals surface area (Å²) in [6, 6.07) is 17.2. The molecule has 4 nitrogen and oxygen atoms in total. The maximum absolute atomic E-state index is 13.3. The van der Waals surface area contributed by atoms with Crippen molar-refractivity contribution in [2.45, 2.75) is 62.7 Å². The summed E-state index contributed by atoms with van der Waals surface area (Å²) in [7, 11) is -5.53. The molecule has 0 bridgehead atoms. The highest BCUT2D eigenvalue weighted by atomic mass is 32.2. The average Bonchev–Trinajstić information content (AvgIpc) is 3.36. The van der Waals surface area contributed by atoms with Crippen LogP contribution in [0, 0.1) is 6.92 Å². The molecule has 0 spiro atoms. The topological polar surface area (TPSA) is 46.4 Å². The Bertz CT molecular complexity index is 950. The van der Waals surface area contributed by atoms with Gasteiger partial charge in [-0.2, -0.15) is 4.31 Å². The van der Waals surface area contributed by atoms with Crippen molar-refractivity contribution in [3.8, 4) is 0 Å². The number of sulfonamides is 1. The summed E-state index contributed by atoms with van der Waals surface area (Å²) in [5, 5.41) is 0.0799. The SMILES string of the molecule is Cc1ccc(S(=O)(=O)N2C[C@]2(CO[Si](C)(C)C(C)(C)C)Cc2ccccc2)cc1. The van der Waals surface area contributed by atoms with Gasteiger partial charge in [0.15, 0.2) is 8.32 Å². The zero-order valence-corrected chi connectivity index (χ0v) is 20.2. The molecule has 0 aromatic heterocycles. The Labute approximate surface area is 177 Å². The van der Waals surface area contributed by atoms with Gasteiger partial charge in [0.25, 0.3) is 0 Å². The minimum absolute atomic E-state index is 0.0799. The molecule has 6 heteroatoms. The third kappa shape index (κ3) is 4.66. The molecule has 3 rings (SSSR count). The van der Waals surface area contributed by atoms with E-state index in [0.29, 0.717) is 24.5 Å². The van der Waals surface area contributed by atoms with E-state index in [1.54, 1.807) is 16.4 Å². The first-order valence-electron chi connectivity index (χ1n) is 10.1. The van der Waals surface area contributed by atoms with Crippen LogP contribution in [0.25, 0.3) is 0 Å². The van der Waals surface area contributed by atoms with Crippen LogP contribution in [0.2, 0.25) is 18.1 Å². The van der Waals surface area contributed by atoms with E-state index in [1.165, 1.54) is 0 Å². The molecule has 2 atom stereocenters. The largest absolute Gasteiger partial charge is 0.415 e. The van der Waals surface area contributed by atoms with Crippen LogP contribution in [0.15, 0.2) is 59.5 Å². The molecule has 1 saturated heterocycles. The molecule has 0 aliphatic carbocycles. The lowest BCUT2D eigenvalue weighted by molar-refractivity contribution is 0.234. The molecular weight excluding hydrogens is 398 g/mol. The molecule has 2 aromatic carbocycles. The average molecular weight is 432 g/mol. The quantitative estimate of drug-likeness (QED) is 0.458. The molecule has 158 valence electrons. The molecule has 1 fully saturated rings. The van der Waals surface area contributed by atoms with Gasteiger partial charge in [-0.1, -0.05) is 68.8 Å². The van der Waals surface area contributed by atoms with E-state index in [-0.39, 0.29) is 5.04 Å². The highest BCUT2D eigenvalue weighted by Crippen LogP contribution is 2.44. The molecule has 0 radical (unpaired) electrons. The highest BCUT2D eigenvalue weighted by Gasteiger charge is 2.59. The molecule has 0 saturated carbocycles. The predicted octanol–water partition coefficient (Wildman–Crippen LogP) is 5.00. The van der Waals surface area contributed by atoms with Crippen molar-refractivity contribution in [3.05, 3.63) is 65.7 Å². The second-order valence-corrected chi connectivity index (χ2v) is 16.4. The van der Waals surface area contributed by atoms with Crippen LogP contribution in [-0.2, 0) is 20.9 Å². The van der Waals surface area contributed by atoms with Gasteiger partial charge in [0, 0.05) is 6.54 Å². The van der Waals surface area contributed by atoms with Crippen molar-refractivity contribution >= 4 is 18.3 Å². The summed E-state index contributed by atoms with van der Waals surface area (Å²) in [4.78, 5) is 0.352. The first-order chi connectivity index (χ1) is 13.4. The summed E-state index contributed by atoms with van der Waals surface area (Å²) in [6.45, 7) is 13.9. The van der Waals surface area contributed by atoms with Gasteiger partial charge in [-0.05, 0) is 49.2 Å². The lowest BCUT2D eigenvalue weighted by Crippen LogP contribution is -2.44. The van der Waals surface area contributed by atoms with Gasteiger partial charge in [0.2, 0.25) is 10.0 Å². The zero-order valence-electron chi connectivity index (χ0n) is 18.4. The van der Waals surface area contributed by atoms with E-state index in [0.717, 1.165) is 11.1 Å². The third-order valence-electron chi connectivity index (χ3n) is 6.36. The molecule has 1 heterocycles. The van der Waals surface area contributed by atoms with Crippen molar-refractivity contribution in [1.82, 2.24) is 4.31 Å². The lowest BCUT2D eigenvalue weighted by Gasteiger charge is -2.37. The number of aryl methyl sites for hydroxylation is 1. The maximum Gasteiger partial charge on any atom is 0.243 e. The van der Waals surface area contributed by atoms with Gasteiger partial charge in [0.1, 0.15) is 0 Å². The van der Waals surface area contributed by atoms with Crippen molar-refractivity contribution in [3.63, 3.8) is 0 Å². The second-order valence-electron chi connectivity index (χ2n) is 9.76. The Balaban J connectivity index is 1.88. The fraction of sp³-hybridized carbons (Fsp3) is 0.478. The van der Waals surface area contributed by atoms with Gasteiger partial charge in [0.05, 0.1) is 17.0 Å². The molecule has 29 heavy (non-hydrogen) atoms. The lowest BCUT2D eigenvalue weighted by atomic mass is 10.0. The predicted molar refractivity (Wildman–Crippen MR) is 121 cm³/mol. The summed E-state index contributed by atoms with van der Waals surface area (Å²) in [5.41, 5.74) is 1.67. The van der Waals surface area contributed by atoms with Gasteiger partial charge >= 0.3 is 0 Å². The second kappa shape index (κ2) is 7.65. The number of nitrogens with zero attached hydrogens (tertiary/aromatic N) is 1. The van der Waals surface area contributed by atoms with Crippen molar-refractivity contribution in [1.29, 1.82) is 0 Å². The number of rotatable bonds is 7. The normalized spacial score (nSPS) is 22.5. The van der Waals surface area contributed by atoms with Crippen LogP contribution in [0.3, 0.4) is 0 Å². The van der Waals surface area contributed by atoms with Crippen LogP contribution in [0.4, 0.5) is 0 Å². The standard InChI is InChI=1S/C23H33NO3SSi/c1-19-12-14-21(15-13-19)28(25,26)24-17-23(24,16-20-10-8-7-9-11-20)18-27-29(5,6)22(2,3)4/h7-15H,16-18H2,1-6H3/t23-,24?/m0/s1. The van der Waals surface area contributed by atoms with Crippen molar-refractivity contribution in [2.75, 3.05) is 13.2 Å². The van der Waals surface area contributed by atoms with Gasteiger partial charge in [-0.15, -0.1) is 0 Å². The van der Waals surface area contributed by atoms with Crippen LogP contribution in [0.5, 0.6) is 0 Å². The Kier molecular flexibility index (Phi) is 5.86. The minimum atomic E-state index is -3.54. The number of benzene rings is 2. The van der Waals surface area contributed by atoms with Gasteiger partial charge in [-0.25, -0.2) is 8.42 Å². The van der Waals surface area contributed by atoms with Crippen LogP contribution in [0.1, 0.15) is 31.9 Å².